The molecule has 14 heavy (non-hydrogen) atoms. The summed E-state index contributed by atoms with van der Waals surface area (Å²) in [6.07, 6.45) is 0. The molecule has 0 heterocycles. The van der Waals surface area contributed by atoms with E-state index in [1.54, 1.807) is 7.11 Å². The van der Waals surface area contributed by atoms with Gasteiger partial charge in [-0.3, -0.25) is 0 Å². The van der Waals surface area contributed by atoms with Crippen molar-refractivity contribution < 1.29 is 19.4 Å². The van der Waals surface area contributed by atoms with Gasteiger partial charge < -0.3 is 19.4 Å². The standard InChI is InChI=1S/C9H12O.H3O3P/c1-7-4-5-9(10-3)8(2)6-7;1-4(2)3/h4-6H,1-3H3;1-3H. The molecule has 0 aliphatic rings. The molecule has 0 aromatic heterocycles. The predicted octanol–water partition coefficient (Wildman–Crippen LogP) is 1.50. The van der Waals surface area contributed by atoms with Crippen molar-refractivity contribution in [3.05, 3.63) is 29.3 Å². The van der Waals surface area contributed by atoms with Crippen LogP contribution in [0, 0.1) is 13.8 Å². The Morgan fingerprint density at radius 3 is 2.00 bits per heavy atom. The Kier molecular flexibility index (Phi) is 6.41. The van der Waals surface area contributed by atoms with E-state index in [1.807, 2.05) is 19.1 Å². The van der Waals surface area contributed by atoms with E-state index in [-0.39, 0.29) is 0 Å². The first kappa shape index (κ1) is 13.3. The molecule has 0 saturated heterocycles. The highest BCUT2D eigenvalue weighted by Gasteiger charge is 1.94. The summed E-state index contributed by atoms with van der Waals surface area (Å²) < 4.78 is 5.10. The fourth-order valence-corrected chi connectivity index (χ4v) is 1.03. The molecule has 1 aromatic carbocycles. The van der Waals surface area contributed by atoms with E-state index in [1.165, 1.54) is 11.1 Å². The van der Waals surface area contributed by atoms with Gasteiger partial charge in [-0.15, -0.1) is 0 Å². The van der Waals surface area contributed by atoms with Gasteiger partial charge in [0.25, 0.3) is 0 Å². The molecule has 0 unspecified atom stereocenters. The smallest absolute Gasteiger partial charge is 0.324 e. The number of rotatable bonds is 1. The number of methoxy groups -OCH3 is 1. The lowest BCUT2D eigenvalue weighted by Crippen LogP contribution is -1.86. The number of hydrogen-bond acceptors (Lipinski definition) is 4. The van der Waals surface area contributed by atoms with Crippen LogP contribution in [-0.4, -0.2) is 21.8 Å². The molecule has 1 rings (SSSR count). The first-order chi connectivity index (χ1) is 6.47. The predicted molar refractivity (Wildman–Crippen MR) is 56.0 cm³/mol. The summed E-state index contributed by atoms with van der Waals surface area (Å²) in [4.78, 5) is 21.7. The van der Waals surface area contributed by atoms with Gasteiger partial charge >= 0.3 is 8.60 Å². The average molecular weight is 218 g/mol. The van der Waals surface area contributed by atoms with Crippen molar-refractivity contribution in [2.45, 2.75) is 13.8 Å². The normalized spacial score (nSPS) is 9.36. The maximum absolute atomic E-state index is 7.23. The zero-order valence-electron chi connectivity index (χ0n) is 8.43. The molecule has 80 valence electrons. The first-order valence-electron chi connectivity index (χ1n) is 3.95. The molecular formula is C9H15O4P. The molecule has 0 radical (unpaired) electrons. The van der Waals surface area contributed by atoms with E-state index in [0.29, 0.717) is 0 Å². The molecular weight excluding hydrogens is 203 g/mol. The van der Waals surface area contributed by atoms with Crippen molar-refractivity contribution in [2.24, 2.45) is 0 Å². The van der Waals surface area contributed by atoms with Gasteiger partial charge in [0.1, 0.15) is 5.75 Å². The monoisotopic (exact) mass is 218 g/mol. The van der Waals surface area contributed by atoms with Crippen molar-refractivity contribution in [3.8, 4) is 5.75 Å². The Hall–Kier alpha value is -0.670. The highest BCUT2D eigenvalue weighted by Crippen LogP contribution is 2.17. The number of benzene rings is 1. The summed E-state index contributed by atoms with van der Waals surface area (Å²) >= 11 is 0. The van der Waals surface area contributed by atoms with E-state index >= 15 is 0 Å². The molecule has 0 aliphatic carbocycles. The fraction of sp³-hybridized carbons (Fsp3) is 0.333. The third kappa shape index (κ3) is 5.89. The van der Waals surface area contributed by atoms with Gasteiger partial charge in [-0.2, -0.15) is 0 Å². The lowest BCUT2D eigenvalue weighted by atomic mass is 10.1. The Labute approximate surface area is 84.8 Å². The molecule has 0 bridgehead atoms. The molecule has 0 aliphatic heterocycles. The summed E-state index contributed by atoms with van der Waals surface area (Å²) in [7, 11) is -0.928. The number of hydrogen-bond donors (Lipinski definition) is 3. The van der Waals surface area contributed by atoms with Gasteiger partial charge in [0.15, 0.2) is 0 Å². The SMILES string of the molecule is COc1ccc(C)cc1C.OP(O)O. The highest BCUT2D eigenvalue weighted by molar-refractivity contribution is 7.38. The molecule has 0 amide bonds. The van der Waals surface area contributed by atoms with E-state index in [0.717, 1.165) is 5.75 Å². The lowest BCUT2D eigenvalue weighted by Gasteiger charge is -2.03. The van der Waals surface area contributed by atoms with Crippen LogP contribution in [0.3, 0.4) is 0 Å². The highest BCUT2D eigenvalue weighted by atomic mass is 31.2. The van der Waals surface area contributed by atoms with E-state index in [2.05, 4.69) is 13.0 Å². The summed E-state index contributed by atoms with van der Waals surface area (Å²) in [6, 6.07) is 6.15. The Bertz CT molecular complexity index is 273. The van der Waals surface area contributed by atoms with E-state index in [4.69, 9.17) is 19.4 Å². The first-order valence-corrected chi connectivity index (χ1v) is 5.15. The average Bonchev–Trinajstić information content (AvgIpc) is 2.03. The molecule has 5 heteroatoms. The van der Waals surface area contributed by atoms with Gasteiger partial charge in [0, 0.05) is 0 Å². The van der Waals surface area contributed by atoms with E-state index in [9.17, 15) is 0 Å². The van der Waals surface area contributed by atoms with Crippen LogP contribution < -0.4 is 4.74 Å². The van der Waals surface area contributed by atoms with Crippen molar-refractivity contribution in [1.29, 1.82) is 0 Å². The molecule has 4 nitrogen and oxygen atoms in total. The fourth-order valence-electron chi connectivity index (χ4n) is 1.03. The third-order valence-electron chi connectivity index (χ3n) is 1.55. The van der Waals surface area contributed by atoms with Gasteiger partial charge in [0.05, 0.1) is 7.11 Å². The van der Waals surface area contributed by atoms with Crippen LogP contribution in [0.25, 0.3) is 0 Å². The number of ether oxygens (including phenoxy) is 1. The van der Waals surface area contributed by atoms with E-state index < -0.39 is 8.60 Å². The van der Waals surface area contributed by atoms with Crippen LogP contribution in [0.4, 0.5) is 0 Å². The van der Waals surface area contributed by atoms with Crippen molar-refractivity contribution in [1.82, 2.24) is 0 Å². The summed E-state index contributed by atoms with van der Waals surface area (Å²) in [6.45, 7) is 4.12. The van der Waals surface area contributed by atoms with Crippen LogP contribution in [0.2, 0.25) is 0 Å². The maximum Gasteiger partial charge on any atom is 0.324 e. The van der Waals surface area contributed by atoms with Crippen molar-refractivity contribution in [2.75, 3.05) is 7.11 Å². The molecule has 0 fully saturated rings. The zero-order valence-corrected chi connectivity index (χ0v) is 9.32. The molecule has 0 saturated carbocycles. The summed E-state index contributed by atoms with van der Waals surface area (Å²) in [5, 5.41) is 0. The van der Waals surface area contributed by atoms with Gasteiger partial charge in [-0.05, 0) is 25.5 Å². The van der Waals surface area contributed by atoms with Crippen molar-refractivity contribution in [3.63, 3.8) is 0 Å². The second kappa shape index (κ2) is 6.74. The maximum atomic E-state index is 7.23. The molecule has 0 atom stereocenters. The van der Waals surface area contributed by atoms with Gasteiger partial charge in [-0.1, -0.05) is 17.7 Å². The minimum Gasteiger partial charge on any atom is -0.496 e. The Morgan fingerprint density at radius 1 is 1.14 bits per heavy atom. The minimum atomic E-state index is -2.62. The Balaban J connectivity index is 0.000000364. The Morgan fingerprint density at radius 2 is 1.64 bits per heavy atom. The number of aryl methyl sites for hydroxylation is 2. The van der Waals surface area contributed by atoms with Crippen LogP contribution in [0.1, 0.15) is 11.1 Å². The summed E-state index contributed by atoms with van der Waals surface area (Å²) in [5.74, 6) is 0.964. The zero-order chi connectivity index (χ0) is 11.1. The second-order valence-corrected chi connectivity index (χ2v) is 3.28. The van der Waals surface area contributed by atoms with Crippen molar-refractivity contribution >= 4 is 8.60 Å². The quantitative estimate of drug-likeness (QED) is 0.625. The molecule has 0 spiro atoms. The third-order valence-corrected chi connectivity index (χ3v) is 1.55. The largest absolute Gasteiger partial charge is 0.496 e. The minimum absolute atomic E-state index is 0.964. The van der Waals surface area contributed by atoms with Crippen LogP contribution in [0.15, 0.2) is 18.2 Å². The van der Waals surface area contributed by atoms with Crippen LogP contribution >= 0.6 is 8.60 Å². The van der Waals surface area contributed by atoms with Crippen LogP contribution in [0.5, 0.6) is 5.75 Å². The lowest BCUT2D eigenvalue weighted by molar-refractivity contribution is 0.368. The van der Waals surface area contributed by atoms with Gasteiger partial charge in [-0.25, -0.2) is 0 Å². The second-order valence-electron chi connectivity index (χ2n) is 2.74. The molecule has 1 aromatic rings. The van der Waals surface area contributed by atoms with Crippen LogP contribution in [-0.2, 0) is 0 Å². The topological polar surface area (TPSA) is 69.9 Å². The van der Waals surface area contributed by atoms with Gasteiger partial charge in [0.2, 0.25) is 0 Å². The molecule has 3 N–H and O–H groups in total. The summed E-state index contributed by atoms with van der Waals surface area (Å²) in [5.41, 5.74) is 2.47.